The summed E-state index contributed by atoms with van der Waals surface area (Å²) >= 11 is 6.94. The van der Waals surface area contributed by atoms with Gasteiger partial charge < -0.3 is 4.98 Å². The predicted octanol–water partition coefficient (Wildman–Crippen LogP) is 3.82. The number of nitrogens with one attached hydrogen (secondary N) is 1. The number of nitrogens with zero attached hydrogens (tertiary/aromatic N) is 1. The zero-order valence-electron chi connectivity index (χ0n) is 8.49. The van der Waals surface area contributed by atoms with E-state index in [4.69, 9.17) is 12.2 Å². The number of hydrogen-bond donors (Lipinski definition) is 1. The highest BCUT2D eigenvalue weighted by molar-refractivity contribution is 7.71. The van der Waals surface area contributed by atoms with Gasteiger partial charge in [-0.25, -0.2) is 4.98 Å². The minimum atomic E-state index is 0.719. The molecule has 0 saturated carbocycles. The van der Waals surface area contributed by atoms with Gasteiger partial charge in [0.25, 0.3) is 0 Å². The van der Waals surface area contributed by atoms with E-state index in [9.17, 15) is 0 Å². The van der Waals surface area contributed by atoms with Gasteiger partial charge in [-0.15, -0.1) is 0 Å². The number of thiophene rings is 1. The van der Waals surface area contributed by atoms with Crippen LogP contribution in [0, 0.1) is 4.64 Å². The lowest BCUT2D eigenvalue weighted by atomic mass is 10.1. The summed E-state index contributed by atoms with van der Waals surface area (Å²) in [4.78, 5) is 7.32. The van der Waals surface area contributed by atoms with Crippen LogP contribution in [0.2, 0.25) is 0 Å². The quantitative estimate of drug-likeness (QED) is 0.821. The molecule has 2 rings (SSSR count). The molecule has 0 aliphatic carbocycles. The SMILES string of the molecule is CCCc1c(-c2ccsc2)[nH]cnc1=S. The van der Waals surface area contributed by atoms with Crippen molar-refractivity contribution in [3.63, 3.8) is 0 Å². The molecule has 0 saturated heterocycles. The van der Waals surface area contributed by atoms with Crippen LogP contribution in [0.1, 0.15) is 18.9 Å². The predicted molar refractivity (Wildman–Crippen MR) is 66.7 cm³/mol. The largest absolute Gasteiger partial charge is 0.346 e. The summed E-state index contributed by atoms with van der Waals surface area (Å²) in [6.07, 6.45) is 3.74. The number of H-pyrrole nitrogens is 1. The van der Waals surface area contributed by atoms with Crippen molar-refractivity contribution >= 4 is 23.6 Å². The Morgan fingerprint density at radius 3 is 3.07 bits per heavy atom. The molecule has 78 valence electrons. The van der Waals surface area contributed by atoms with E-state index in [1.165, 1.54) is 5.56 Å². The Balaban J connectivity index is 2.56. The van der Waals surface area contributed by atoms with Crippen molar-refractivity contribution in [3.05, 3.63) is 33.4 Å². The van der Waals surface area contributed by atoms with Crippen molar-refractivity contribution in [2.24, 2.45) is 0 Å². The van der Waals surface area contributed by atoms with Crippen molar-refractivity contribution in [2.45, 2.75) is 19.8 Å². The first-order valence-electron chi connectivity index (χ1n) is 4.92. The highest BCUT2D eigenvalue weighted by Gasteiger charge is 2.07. The summed E-state index contributed by atoms with van der Waals surface area (Å²) < 4.78 is 0.719. The lowest BCUT2D eigenvalue weighted by molar-refractivity contribution is 0.898. The maximum absolute atomic E-state index is 5.25. The molecule has 0 spiro atoms. The van der Waals surface area contributed by atoms with Crippen LogP contribution in [0.4, 0.5) is 0 Å². The van der Waals surface area contributed by atoms with Gasteiger partial charge in [-0.1, -0.05) is 25.6 Å². The van der Waals surface area contributed by atoms with E-state index in [0.717, 1.165) is 28.7 Å². The van der Waals surface area contributed by atoms with E-state index in [2.05, 4.69) is 33.7 Å². The number of aromatic amines is 1. The minimum absolute atomic E-state index is 0.719. The third-order valence-corrected chi connectivity index (χ3v) is 3.30. The minimum Gasteiger partial charge on any atom is -0.346 e. The molecule has 0 bridgehead atoms. The standard InChI is InChI=1S/C11H12N2S2/c1-2-3-9-10(8-4-5-15-6-8)12-7-13-11(9)14/h4-7H,2-3H2,1H3,(H,12,13,14). The molecule has 2 aromatic heterocycles. The third-order valence-electron chi connectivity index (χ3n) is 2.26. The van der Waals surface area contributed by atoms with Crippen LogP contribution in [-0.4, -0.2) is 9.97 Å². The summed E-state index contributed by atoms with van der Waals surface area (Å²) in [7, 11) is 0. The van der Waals surface area contributed by atoms with Gasteiger partial charge >= 0.3 is 0 Å². The Morgan fingerprint density at radius 1 is 1.53 bits per heavy atom. The topological polar surface area (TPSA) is 28.7 Å². The molecule has 4 heteroatoms. The first kappa shape index (κ1) is 10.5. The van der Waals surface area contributed by atoms with E-state index < -0.39 is 0 Å². The average Bonchev–Trinajstić information content (AvgIpc) is 2.74. The summed E-state index contributed by atoms with van der Waals surface area (Å²) in [6.45, 7) is 2.15. The van der Waals surface area contributed by atoms with Gasteiger partial charge in [0.1, 0.15) is 4.64 Å². The molecule has 0 aliphatic rings. The van der Waals surface area contributed by atoms with Crippen LogP contribution < -0.4 is 0 Å². The highest BCUT2D eigenvalue weighted by atomic mass is 32.1. The normalized spacial score (nSPS) is 10.5. The number of rotatable bonds is 3. The van der Waals surface area contributed by atoms with Crippen LogP contribution in [0.5, 0.6) is 0 Å². The fourth-order valence-corrected chi connectivity index (χ4v) is 2.48. The molecule has 0 amide bonds. The second-order valence-electron chi connectivity index (χ2n) is 3.32. The lowest BCUT2D eigenvalue weighted by Crippen LogP contribution is -1.95. The molecule has 2 nitrogen and oxygen atoms in total. The maximum atomic E-state index is 5.25. The van der Waals surface area contributed by atoms with Crippen molar-refractivity contribution in [1.29, 1.82) is 0 Å². The van der Waals surface area contributed by atoms with Crippen LogP contribution in [0.3, 0.4) is 0 Å². The number of hydrogen-bond acceptors (Lipinski definition) is 3. The van der Waals surface area contributed by atoms with Crippen molar-refractivity contribution in [2.75, 3.05) is 0 Å². The molecule has 0 fully saturated rings. The highest BCUT2D eigenvalue weighted by Crippen LogP contribution is 2.24. The Kier molecular flexibility index (Phi) is 3.28. The van der Waals surface area contributed by atoms with Crippen LogP contribution in [0.25, 0.3) is 11.3 Å². The zero-order chi connectivity index (χ0) is 10.7. The number of aromatic nitrogens is 2. The molecule has 15 heavy (non-hydrogen) atoms. The molecular formula is C11H12N2S2. The van der Waals surface area contributed by atoms with Gasteiger partial charge in [0.2, 0.25) is 0 Å². The average molecular weight is 236 g/mol. The van der Waals surface area contributed by atoms with Crippen molar-refractivity contribution in [1.82, 2.24) is 9.97 Å². The van der Waals surface area contributed by atoms with E-state index in [-0.39, 0.29) is 0 Å². The van der Waals surface area contributed by atoms with E-state index in [1.54, 1.807) is 17.7 Å². The monoisotopic (exact) mass is 236 g/mol. The third kappa shape index (κ3) is 2.16. The zero-order valence-corrected chi connectivity index (χ0v) is 10.1. The molecular weight excluding hydrogens is 224 g/mol. The summed E-state index contributed by atoms with van der Waals surface area (Å²) in [5, 5.41) is 4.20. The molecule has 0 unspecified atom stereocenters. The Morgan fingerprint density at radius 2 is 2.40 bits per heavy atom. The van der Waals surface area contributed by atoms with E-state index >= 15 is 0 Å². The summed E-state index contributed by atoms with van der Waals surface area (Å²) in [6, 6.07) is 2.10. The molecule has 2 aromatic rings. The van der Waals surface area contributed by atoms with E-state index in [0.29, 0.717) is 0 Å². The van der Waals surface area contributed by atoms with E-state index in [1.807, 2.05) is 0 Å². The van der Waals surface area contributed by atoms with Gasteiger partial charge in [0, 0.05) is 16.5 Å². The Labute approximate surface area is 98.0 Å². The first-order valence-corrected chi connectivity index (χ1v) is 6.27. The van der Waals surface area contributed by atoms with Crippen LogP contribution in [0.15, 0.2) is 23.2 Å². The molecule has 2 heterocycles. The van der Waals surface area contributed by atoms with Gasteiger partial charge in [-0.3, -0.25) is 0 Å². The molecule has 0 aliphatic heterocycles. The fraction of sp³-hybridized carbons (Fsp3) is 0.273. The summed E-state index contributed by atoms with van der Waals surface area (Å²) in [5.41, 5.74) is 3.49. The van der Waals surface area contributed by atoms with Crippen molar-refractivity contribution in [3.8, 4) is 11.3 Å². The second-order valence-corrected chi connectivity index (χ2v) is 4.49. The lowest BCUT2D eigenvalue weighted by Gasteiger charge is -2.06. The smallest absolute Gasteiger partial charge is 0.133 e. The molecule has 0 radical (unpaired) electrons. The molecule has 1 N–H and O–H groups in total. The van der Waals surface area contributed by atoms with Gasteiger partial charge in [-0.05, 0) is 17.9 Å². The van der Waals surface area contributed by atoms with Crippen LogP contribution in [-0.2, 0) is 6.42 Å². The van der Waals surface area contributed by atoms with Crippen molar-refractivity contribution < 1.29 is 0 Å². The Hall–Kier alpha value is -1.00. The van der Waals surface area contributed by atoms with Gasteiger partial charge in [0.05, 0.1) is 12.0 Å². The Bertz CT molecular complexity index is 486. The first-order chi connectivity index (χ1) is 7.33. The second kappa shape index (κ2) is 4.68. The fourth-order valence-electron chi connectivity index (χ4n) is 1.57. The molecule has 0 aromatic carbocycles. The summed E-state index contributed by atoms with van der Waals surface area (Å²) in [5.74, 6) is 0. The van der Waals surface area contributed by atoms with Gasteiger partial charge in [-0.2, -0.15) is 11.3 Å². The van der Waals surface area contributed by atoms with Crippen LogP contribution >= 0.6 is 23.6 Å². The molecule has 0 atom stereocenters. The maximum Gasteiger partial charge on any atom is 0.133 e. The van der Waals surface area contributed by atoms with Gasteiger partial charge in [0.15, 0.2) is 0 Å².